The van der Waals surface area contributed by atoms with Gasteiger partial charge in [0.05, 0.1) is 0 Å². The second kappa shape index (κ2) is 4.76. The first kappa shape index (κ1) is 11.3. The molecule has 0 spiro atoms. The Morgan fingerprint density at radius 1 is 1.38 bits per heavy atom. The van der Waals surface area contributed by atoms with Gasteiger partial charge in [-0.3, -0.25) is 0 Å². The van der Waals surface area contributed by atoms with E-state index >= 15 is 0 Å². The lowest BCUT2D eigenvalue weighted by Crippen LogP contribution is -2.01. The number of thiazole rings is 1. The highest BCUT2D eigenvalue weighted by Crippen LogP contribution is 2.22. The summed E-state index contributed by atoms with van der Waals surface area (Å²) >= 11 is 1.52. The van der Waals surface area contributed by atoms with Gasteiger partial charge in [-0.2, -0.15) is 0 Å². The third-order valence-corrected chi connectivity index (χ3v) is 3.50. The lowest BCUT2D eigenvalue weighted by molar-refractivity contribution is 0.178. The molecule has 1 N–H and O–H groups in total. The van der Waals surface area contributed by atoms with E-state index < -0.39 is 6.10 Å². The molecule has 0 amide bonds. The highest BCUT2D eigenvalue weighted by molar-refractivity contribution is 7.09. The molecule has 2 nitrogen and oxygen atoms in total. The second-order valence-electron chi connectivity index (χ2n) is 4.04. The van der Waals surface area contributed by atoms with Crippen LogP contribution < -0.4 is 0 Å². The van der Waals surface area contributed by atoms with E-state index in [0.29, 0.717) is 6.42 Å². The monoisotopic (exact) mass is 233 g/mol. The van der Waals surface area contributed by atoms with Gasteiger partial charge in [-0.05, 0) is 19.4 Å². The van der Waals surface area contributed by atoms with Crippen LogP contribution in [0.1, 0.15) is 27.9 Å². The summed E-state index contributed by atoms with van der Waals surface area (Å²) in [6.45, 7) is 4.00. The van der Waals surface area contributed by atoms with E-state index in [-0.39, 0.29) is 0 Å². The van der Waals surface area contributed by atoms with Crippen LogP contribution in [0.4, 0.5) is 0 Å². The van der Waals surface area contributed by atoms with Crippen molar-refractivity contribution in [3.63, 3.8) is 0 Å². The Balaban J connectivity index is 2.10. The zero-order chi connectivity index (χ0) is 11.5. The van der Waals surface area contributed by atoms with E-state index in [1.807, 2.05) is 24.4 Å². The fourth-order valence-electron chi connectivity index (χ4n) is 1.67. The van der Waals surface area contributed by atoms with Crippen molar-refractivity contribution in [3.8, 4) is 0 Å². The van der Waals surface area contributed by atoms with Crippen molar-refractivity contribution in [1.82, 2.24) is 4.98 Å². The molecule has 1 atom stereocenters. The van der Waals surface area contributed by atoms with Gasteiger partial charge in [0.15, 0.2) is 0 Å². The molecule has 1 aromatic carbocycles. The molecule has 0 aliphatic carbocycles. The maximum absolute atomic E-state index is 10.0. The lowest BCUT2D eigenvalue weighted by atomic mass is 10.1. The first-order valence-electron chi connectivity index (χ1n) is 5.31. The molecular formula is C13H15NOS. The fourth-order valence-corrected chi connectivity index (χ4v) is 2.46. The van der Waals surface area contributed by atoms with Crippen molar-refractivity contribution in [1.29, 1.82) is 0 Å². The maximum atomic E-state index is 10.0. The predicted octanol–water partition coefficient (Wildman–Crippen LogP) is 3.04. The minimum absolute atomic E-state index is 0.486. The molecule has 3 heteroatoms. The van der Waals surface area contributed by atoms with Gasteiger partial charge in [0.1, 0.15) is 11.1 Å². The fraction of sp³-hybridized carbons (Fsp3) is 0.308. The predicted molar refractivity (Wildman–Crippen MR) is 66.7 cm³/mol. The second-order valence-corrected chi connectivity index (χ2v) is 4.93. The summed E-state index contributed by atoms with van der Waals surface area (Å²) in [6, 6.07) is 8.22. The minimum Gasteiger partial charge on any atom is -0.386 e. The first-order valence-corrected chi connectivity index (χ1v) is 6.19. The van der Waals surface area contributed by atoms with Gasteiger partial charge in [-0.15, -0.1) is 11.3 Å². The van der Waals surface area contributed by atoms with Crippen LogP contribution in [-0.4, -0.2) is 10.1 Å². The molecule has 16 heavy (non-hydrogen) atoms. The molecule has 84 valence electrons. The molecule has 0 saturated carbocycles. The molecule has 2 aromatic rings. The number of rotatable bonds is 3. The summed E-state index contributed by atoms with van der Waals surface area (Å²) in [5.74, 6) is 0. The van der Waals surface area contributed by atoms with Crippen LogP contribution >= 0.6 is 11.3 Å². The summed E-state index contributed by atoms with van der Waals surface area (Å²) < 4.78 is 0. The normalized spacial score (nSPS) is 12.7. The first-order chi connectivity index (χ1) is 7.65. The standard InChI is InChI=1S/C13H15NOS/c1-9-4-3-5-11(6-9)7-12(15)13-14-10(2)8-16-13/h3-6,8,12,15H,7H2,1-2H3. The van der Waals surface area contributed by atoms with Crippen LogP contribution in [0, 0.1) is 13.8 Å². The number of nitrogens with zero attached hydrogens (tertiary/aromatic N) is 1. The average Bonchev–Trinajstić information content (AvgIpc) is 2.65. The van der Waals surface area contributed by atoms with Gasteiger partial charge in [0.2, 0.25) is 0 Å². The quantitative estimate of drug-likeness (QED) is 0.884. The Morgan fingerprint density at radius 3 is 2.81 bits per heavy atom. The van der Waals surface area contributed by atoms with Crippen LogP contribution in [0.15, 0.2) is 29.6 Å². The SMILES string of the molecule is Cc1cccc(CC(O)c2nc(C)cs2)c1. The van der Waals surface area contributed by atoms with Gasteiger partial charge in [0, 0.05) is 17.5 Å². The molecule has 0 radical (unpaired) electrons. The summed E-state index contributed by atoms with van der Waals surface area (Å²) in [5.41, 5.74) is 3.35. The highest BCUT2D eigenvalue weighted by atomic mass is 32.1. The Labute approximate surface area is 99.6 Å². The molecule has 1 unspecified atom stereocenters. The molecule has 0 aliphatic heterocycles. The molecule has 0 fully saturated rings. The number of benzene rings is 1. The topological polar surface area (TPSA) is 33.1 Å². The molecule has 1 aromatic heterocycles. The Kier molecular flexibility index (Phi) is 3.36. The minimum atomic E-state index is -0.486. The number of aryl methyl sites for hydroxylation is 2. The van der Waals surface area contributed by atoms with E-state index in [1.165, 1.54) is 16.9 Å². The molecule has 0 aliphatic rings. The Morgan fingerprint density at radius 2 is 2.19 bits per heavy atom. The van der Waals surface area contributed by atoms with Crippen LogP contribution in [0.5, 0.6) is 0 Å². The largest absolute Gasteiger partial charge is 0.386 e. The number of aliphatic hydroxyl groups excluding tert-OH is 1. The maximum Gasteiger partial charge on any atom is 0.122 e. The van der Waals surface area contributed by atoms with Crippen LogP contribution in [0.3, 0.4) is 0 Å². The van der Waals surface area contributed by atoms with Crippen LogP contribution in [0.25, 0.3) is 0 Å². The van der Waals surface area contributed by atoms with Crippen LogP contribution in [-0.2, 0) is 6.42 Å². The summed E-state index contributed by atoms with van der Waals surface area (Å²) in [5, 5.41) is 12.8. The van der Waals surface area contributed by atoms with Crippen LogP contribution in [0.2, 0.25) is 0 Å². The number of aromatic nitrogens is 1. The molecule has 0 saturated heterocycles. The smallest absolute Gasteiger partial charge is 0.122 e. The summed E-state index contributed by atoms with van der Waals surface area (Å²) in [7, 11) is 0. The number of aliphatic hydroxyl groups is 1. The van der Waals surface area contributed by atoms with Crippen molar-refractivity contribution in [3.05, 3.63) is 51.5 Å². The van der Waals surface area contributed by atoms with E-state index in [1.54, 1.807) is 0 Å². The van der Waals surface area contributed by atoms with E-state index in [2.05, 4.69) is 24.0 Å². The molecule has 2 rings (SSSR count). The van der Waals surface area contributed by atoms with Crippen molar-refractivity contribution in [2.75, 3.05) is 0 Å². The average molecular weight is 233 g/mol. The van der Waals surface area contributed by atoms with Gasteiger partial charge in [0.25, 0.3) is 0 Å². The van der Waals surface area contributed by atoms with E-state index in [4.69, 9.17) is 0 Å². The zero-order valence-corrected chi connectivity index (χ0v) is 10.3. The van der Waals surface area contributed by atoms with Crippen molar-refractivity contribution in [2.45, 2.75) is 26.4 Å². The molecule has 0 bridgehead atoms. The van der Waals surface area contributed by atoms with E-state index in [0.717, 1.165) is 16.3 Å². The van der Waals surface area contributed by atoms with Gasteiger partial charge >= 0.3 is 0 Å². The Bertz CT molecular complexity index is 478. The number of hydrogen-bond acceptors (Lipinski definition) is 3. The summed E-state index contributed by atoms with van der Waals surface area (Å²) in [4.78, 5) is 4.30. The van der Waals surface area contributed by atoms with Crippen molar-refractivity contribution < 1.29 is 5.11 Å². The van der Waals surface area contributed by atoms with Gasteiger partial charge in [-0.25, -0.2) is 4.98 Å². The molecule has 1 heterocycles. The van der Waals surface area contributed by atoms with Crippen molar-refractivity contribution >= 4 is 11.3 Å². The third kappa shape index (κ3) is 2.68. The molecular weight excluding hydrogens is 218 g/mol. The highest BCUT2D eigenvalue weighted by Gasteiger charge is 2.12. The van der Waals surface area contributed by atoms with Crippen molar-refractivity contribution in [2.24, 2.45) is 0 Å². The third-order valence-electron chi connectivity index (χ3n) is 2.43. The van der Waals surface area contributed by atoms with E-state index in [9.17, 15) is 5.11 Å². The number of hydrogen-bond donors (Lipinski definition) is 1. The Hall–Kier alpha value is -1.19. The lowest BCUT2D eigenvalue weighted by Gasteiger charge is -2.07. The van der Waals surface area contributed by atoms with Gasteiger partial charge in [-0.1, -0.05) is 29.8 Å². The zero-order valence-electron chi connectivity index (χ0n) is 9.47. The summed E-state index contributed by atoms with van der Waals surface area (Å²) in [6.07, 6.45) is 0.148. The van der Waals surface area contributed by atoms with Gasteiger partial charge < -0.3 is 5.11 Å².